The normalized spacial score (nSPS) is 11.6. The highest BCUT2D eigenvalue weighted by Crippen LogP contribution is 2.33. The minimum atomic E-state index is -7.22. The van der Waals surface area contributed by atoms with E-state index in [4.69, 9.17) is 0 Å². The molecular weight excluding hydrogens is 1060 g/mol. The molecule has 9 aromatic rings. The molecule has 4 nitrogen and oxygen atoms in total. The zero-order chi connectivity index (χ0) is 55.6. The van der Waals surface area contributed by atoms with Crippen LogP contribution in [0.5, 0.6) is 0 Å². The summed E-state index contributed by atoms with van der Waals surface area (Å²) in [5.74, 6) is -71.6. The fourth-order valence-electron chi connectivity index (χ4n) is 8.84. The van der Waals surface area contributed by atoms with Crippen LogP contribution >= 0.6 is 0 Å². The third-order valence-electron chi connectivity index (χ3n) is 12.2. The van der Waals surface area contributed by atoms with E-state index in [0.29, 0.717) is 16.8 Å². The second-order valence-electron chi connectivity index (χ2n) is 16.2. The predicted molar refractivity (Wildman–Crippen MR) is 229 cm³/mol. The van der Waals surface area contributed by atoms with Crippen LogP contribution in [0, 0.1) is 116 Å². The molecule has 8 aromatic carbocycles. The van der Waals surface area contributed by atoms with Crippen molar-refractivity contribution in [3.63, 3.8) is 0 Å². The van der Waals surface area contributed by atoms with Gasteiger partial charge in [-0.3, -0.25) is 14.6 Å². The van der Waals surface area contributed by atoms with E-state index in [1.807, 2.05) is 66.7 Å². The van der Waals surface area contributed by atoms with E-state index < -0.39 is 144 Å². The van der Waals surface area contributed by atoms with Gasteiger partial charge in [0, 0.05) is 11.1 Å². The van der Waals surface area contributed by atoms with Crippen LogP contribution in [-0.2, 0) is 6.54 Å². The van der Waals surface area contributed by atoms with Crippen LogP contribution in [0.15, 0.2) is 104 Å². The lowest BCUT2D eigenvalue weighted by Gasteiger charge is -2.44. The van der Waals surface area contributed by atoms with E-state index in [0.717, 1.165) is 21.5 Å². The molecule has 1 heterocycles. The topological polar surface area (TPSA) is 50.9 Å². The van der Waals surface area contributed by atoms with Gasteiger partial charge in [-0.25, -0.2) is 87.8 Å². The van der Waals surface area contributed by atoms with E-state index in [1.165, 1.54) is 6.20 Å². The largest absolute Gasteiger partial charge is 0.287 e. The van der Waals surface area contributed by atoms with Crippen molar-refractivity contribution in [1.82, 2.24) is 4.98 Å². The molecule has 0 aliphatic heterocycles. The van der Waals surface area contributed by atoms with Crippen LogP contribution < -0.4 is 26.4 Å². The Morgan fingerprint density at radius 1 is 0.395 bits per heavy atom. The molecule has 0 bridgehead atoms. The predicted octanol–water partition coefficient (Wildman–Crippen LogP) is 10.6. The minimum absolute atomic E-state index is 0.0615. The summed E-state index contributed by atoms with van der Waals surface area (Å²) in [6, 6.07) is 26.9. The first-order chi connectivity index (χ1) is 35.9. The molecule has 0 N–H and O–H groups in total. The molecule has 25 heteroatoms. The Hall–Kier alpha value is -8.64. The highest BCUT2D eigenvalue weighted by Gasteiger charge is 2.52. The van der Waals surface area contributed by atoms with E-state index in [2.05, 4.69) is 11.1 Å². The molecule has 0 saturated heterocycles. The Bertz CT molecular complexity index is 3480. The quantitative estimate of drug-likeness (QED) is 0.0275. The van der Waals surface area contributed by atoms with E-state index in [-0.39, 0.29) is 18.1 Å². The zero-order valence-corrected chi connectivity index (χ0v) is 36.9. The van der Waals surface area contributed by atoms with Gasteiger partial charge in [0.05, 0.1) is 6.20 Å². The van der Waals surface area contributed by atoms with Gasteiger partial charge in [-0.1, -0.05) is 78.9 Å². The number of carbonyl (C=O) groups excluding carboxylic acids is 2. The van der Waals surface area contributed by atoms with Crippen LogP contribution in [-0.4, -0.2) is 22.7 Å². The summed E-state index contributed by atoms with van der Waals surface area (Å²) < 4.78 is 296. The number of rotatable bonds is 9. The Labute approximate surface area is 410 Å². The van der Waals surface area contributed by atoms with Gasteiger partial charge in [0.1, 0.15) is 58.9 Å². The average Bonchev–Trinajstić information content (AvgIpc) is 3.49. The van der Waals surface area contributed by atoms with Crippen molar-refractivity contribution in [3.05, 3.63) is 237 Å². The third kappa shape index (κ3) is 8.32. The van der Waals surface area contributed by atoms with Gasteiger partial charge in [0.2, 0.25) is 12.3 Å². The van der Waals surface area contributed by atoms with Crippen LogP contribution in [0.2, 0.25) is 0 Å². The molecule has 0 aliphatic rings. The standard InChI is InChI=1S/C27H19N2O2.C24BF20/c30-25(19-8-2-1-3-9-19)18-29-15-14-28-17-24(29)27(31)26-22-12-6-4-10-20(22)16-21-11-5-7-13-23(21)26;26-5-1(6(27)14(35)21(42)13(5)34)25(2-7(28)15(36)22(43)16(37)8(2)29,3-9(30)17(38)23(44)18(39)10(3)31)4-11(32)19(40)24(45)20(41)12(4)33/h1-17H,18H2;/q+1;-1. The molecule has 0 fully saturated rings. The lowest BCUT2D eigenvalue weighted by Crippen LogP contribution is -2.81. The number of Topliss-reactive ketones (excluding diaryl/α,β-unsaturated/α-hetero) is 1. The molecule has 0 saturated carbocycles. The Morgan fingerprint density at radius 3 is 1.04 bits per heavy atom. The fourth-order valence-corrected chi connectivity index (χ4v) is 8.84. The van der Waals surface area contributed by atoms with Crippen molar-refractivity contribution in [2.24, 2.45) is 0 Å². The van der Waals surface area contributed by atoms with Crippen LogP contribution in [0.25, 0.3) is 21.5 Å². The number of hydrogen-bond donors (Lipinski definition) is 0. The highest BCUT2D eigenvalue weighted by atomic mass is 19.2. The number of benzene rings is 8. The highest BCUT2D eigenvalue weighted by molar-refractivity contribution is 7.20. The molecule has 0 aliphatic carbocycles. The molecule has 76 heavy (non-hydrogen) atoms. The first-order valence-corrected chi connectivity index (χ1v) is 21.0. The number of halogens is 20. The van der Waals surface area contributed by atoms with Crippen molar-refractivity contribution in [3.8, 4) is 0 Å². The summed E-state index contributed by atoms with van der Waals surface area (Å²) in [6.07, 6.45) is -2.40. The zero-order valence-electron chi connectivity index (χ0n) is 36.9. The van der Waals surface area contributed by atoms with Crippen molar-refractivity contribution >= 4 is 61.1 Å². The summed E-state index contributed by atoms with van der Waals surface area (Å²) in [5, 5.41) is 3.77. The van der Waals surface area contributed by atoms with E-state index in [1.54, 1.807) is 29.1 Å². The number of hydrogen-bond acceptors (Lipinski definition) is 3. The number of aromatic nitrogens is 2. The third-order valence-corrected chi connectivity index (χ3v) is 12.2. The lowest BCUT2D eigenvalue weighted by atomic mass is 9.12. The maximum atomic E-state index is 15.4. The molecule has 0 spiro atoms. The van der Waals surface area contributed by atoms with E-state index >= 15 is 35.1 Å². The van der Waals surface area contributed by atoms with Gasteiger partial charge in [-0.05, 0) is 27.6 Å². The number of carbonyl (C=O) groups is 2. The van der Waals surface area contributed by atoms with Gasteiger partial charge in [-0.15, -0.1) is 21.9 Å². The van der Waals surface area contributed by atoms with Gasteiger partial charge < -0.3 is 0 Å². The number of ketones is 2. The monoisotopic (exact) mass is 1080 g/mol. The fraction of sp³-hybridized carbons (Fsp3) is 0.0196. The maximum absolute atomic E-state index is 15.4. The van der Waals surface area contributed by atoms with Crippen LogP contribution in [0.1, 0.15) is 26.4 Å². The average molecular weight is 1080 g/mol. The van der Waals surface area contributed by atoms with Crippen LogP contribution in [0.3, 0.4) is 0 Å². The van der Waals surface area contributed by atoms with E-state index in [9.17, 15) is 62.3 Å². The van der Waals surface area contributed by atoms with Gasteiger partial charge >= 0.3 is 0 Å². The van der Waals surface area contributed by atoms with Gasteiger partial charge in [0.15, 0.2) is 76.0 Å². The Morgan fingerprint density at radius 2 is 0.697 bits per heavy atom. The molecule has 1 aromatic heterocycles. The SMILES string of the molecule is Fc1c(F)c(F)c([B-](c2c(F)c(F)c(F)c(F)c2F)(c2c(F)c(F)c(F)c(F)c2F)c2c(F)c(F)c(F)c(F)c2F)c(F)c1F.O=C(C[n+]1ccncc1C(=O)c1c2ccccc2cc2ccccc12)c1ccccc1. The molecule has 388 valence electrons. The molecule has 0 amide bonds. The summed E-state index contributed by atoms with van der Waals surface area (Å²) in [7, 11) is 0. The van der Waals surface area contributed by atoms with Crippen molar-refractivity contribution < 1.29 is 102 Å². The van der Waals surface area contributed by atoms with Crippen molar-refractivity contribution in [2.45, 2.75) is 6.54 Å². The Balaban J connectivity index is 0.000000215. The summed E-state index contributed by atoms with van der Waals surface area (Å²) >= 11 is 0. The lowest BCUT2D eigenvalue weighted by molar-refractivity contribution is -0.685. The molecule has 9 rings (SSSR count). The summed E-state index contributed by atoms with van der Waals surface area (Å²) in [5.41, 5.74) is -12.7. The van der Waals surface area contributed by atoms with Crippen molar-refractivity contribution in [2.75, 3.05) is 0 Å². The first kappa shape index (κ1) is 53.7. The molecule has 0 atom stereocenters. The number of nitrogens with zero attached hydrogens (tertiary/aromatic N) is 2. The second-order valence-corrected chi connectivity index (χ2v) is 16.2. The van der Waals surface area contributed by atoms with Gasteiger partial charge in [-0.2, -0.15) is 4.57 Å². The number of fused-ring (bicyclic) bond motifs is 2. The molecular formula is C51H19BF20N2O2. The smallest absolute Gasteiger partial charge is 0.272 e. The first-order valence-electron chi connectivity index (χ1n) is 21.0. The van der Waals surface area contributed by atoms with Crippen molar-refractivity contribution in [1.29, 1.82) is 0 Å². The summed E-state index contributed by atoms with van der Waals surface area (Å²) in [4.78, 5) is 30.8. The minimum Gasteiger partial charge on any atom is -0.287 e. The summed E-state index contributed by atoms with van der Waals surface area (Å²) in [6.45, 7) is 0.0658. The molecule has 0 unspecified atom stereocenters. The second kappa shape index (κ2) is 20.2. The van der Waals surface area contributed by atoms with Crippen LogP contribution in [0.4, 0.5) is 87.8 Å². The van der Waals surface area contributed by atoms with Gasteiger partial charge in [0.25, 0.3) is 11.5 Å². The molecule has 0 radical (unpaired) electrons. The Kier molecular flexibility index (Phi) is 14.3. The maximum Gasteiger partial charge on any atom is 0.272 e.